The van der Waals surface area contributed by atoms with Gasteiger partial charge in [-0.2, -0.15) is 0 Å². The van der Waals surface area contributed by atoms with E-state index in [0.717, 1.165) is 11.1 Å². The van der Waals surface area contributed by atoms with Gasteiger partial charge >= 0.3 is 0 Å². The molecule has 0 aliphatic carbocycles. The van der Waals surface area contributed by atoms with Gasteiger partial charge in [0.05, 0.1) is 12.1 Å². The van der Waals surface area contributed by atoms with E-state index in [-0.39, 0.29) is 5.82 Å². The SMILES string of the molecule is COc1ccc(-c2cc(CNC(C)C)ccc2F)cc1Cl. The average molecular weight is 308 g/mol. The average Bonchev–Trinajstić information content (AvgIpc) is 2.46. The van der Waals surface area contributed by atoms with E-state index >= 15 is 0 Å². The van der Waals surface area contributed by atoms with Crippen molar-refractivity contribution in [2.24, 2.45) is 0 Å². The molecule has 0 aliphatic heterocycles. The van der Waals surface area contributed by atoms with Gasteiger partial charge in [-0.25, -0.2) is 4.39 Å². The summed E-state index contributed by atoms with van der Waals surface area (Å²) in [7, 11) is 1.56. The van der Waals surface area contributed by atoms with Crippen LogP contribution in [0.5, 0.6) is 5.75 Å². The van der Waals surface area contributed by atoms with Crippen LogP contribution in [0.4, 0.5) is 4.39 Å². The Morgan fingerprint density at radius 2 is 1.95 bits per heavy atom. The minimum absolute atomic E-state index is 0.260. The van der Waals surface area contributed by atoms with Crippen LogP contribution in [0.1, 0.15) is 19.4 Å². The summed E-state index contributed by atoms with van der Waals surface area (Å²) in [5, 5.41) is 3.79. The quantitative estimate of drug-likeness (QED) is 0.868. The number of benzene rings is 2. The van der Waals surface area contributed by atoms with E-state index in [4.69, 9.17) is 16.3 Å². The fourth-order valence-electron chi connectivity index (χ4n) is 2.06. The molecular weight excluding hydrogens is 289 g/mol. The molecule has 0 saturated heterocycles. The van der Waals surface area contributed by atoms with Crippen molar-refractivity contribution >= 4 is 11.6 Å². The number of nitrogens with one attached hydrogen (secondary N) is 1. The minimum atomic E-state index is -0.260. The van der Waals surface area contributed by atoms with Crippen molar-refractivity contribution in [2.45, 2.75) is 26.4 Å². The highest BCUT2D eigenvalue weighted by atomic mass is 35.5. The van der Waals surface area contributed by atoms with Crippen molar-refractivity contribution in [3.05, 3.63) is 52.8 Å². The number of ether oxygens (including phenoxy) is 1. The highest BCUT2D eigenvalue weighted by Gasteiger charge is 2.09. The van der Waals surface area contributed by atoms with E-state index in [9.17, 15) is 4.39 Å². The van der Waals surface area contributed by atoms with Gasteiger partial charge in [0.2, 0.25) is 0 Å². The molecule has 0 fully saturated rings. The molecule has 1 N–H and O–H groups in total. The van der Waals surface area contributed by atoms with Gasteiger partial charge < -0.3 is 10.1 Å². The van der Waals surface area contributed by atoms with Crippen LogP contribution in [0.25, 0.3) is 11.1 Å². The van der Waals surface area contributed by atoms with Gasteiger partial charge in [0.1, 0.15) is 11.6 Å². The number of methoxy groups -OCH3 is 1. The molecule has 2 rings (SSSR count). The predicted molar refractivity (Wildman–Crippen MR) is 85.4 cm³/mol. The molecule has 112 valence electrons. The van der Waals surface area contributed by atoms with Crippen molar-refractivity contribution in [3.8, 4) is 16.9 Å². The summed E-state index contributed by atoms with van der Waals surface area (Å²) in [5.74, 6) is 0.322. The van der Waals surface area contributed by atoms with Crippen LogP contribution in [-0.2, 0) is 6.54 Å². The van der Waals surface area contributed by atoms with Gasteiger partial charge in [-0.1, -0.05) is 37.6 Å². The van der Waals surface area contributed by atoms with Crippen molar-refractivity contribution in [2.75, 3.05) is 7.11 Å². The first kappa shape index (κ1) is 15.8. The van der Waals surface area contributed by atoms with Crippen LogP contribution in [0.15, 0.2) is 36.4 Å². The zero-order chi connectivity index (χ0) is 15.4. The third-order valence-electron chi connectivity index (χ3n) is 3.21. The van der Waals surface area contributed by atoms with Crippen LogP contribution >= 0.6 is 11.6 Å². The van der Waals surface area contributed by atoms with E-state index in [1.54, 1.807) is 25.3 Å². The molecule has 2 nitrogen and oxygen atoms in total. The lowest BCUT2D eigenvalue weighted by atomic mass is 10.0. The van der Waals surface area contributed by atoms with Gasteiger partial charge in [-0.05, 0) is 35.4 Å². The molecule has 0 radical (unpaired) electrons. The van der Waals surface area contributed by atoms with Gasteiger partial charge in [0.15, 0.2) is 0 Å². The third kappa shape index (κ3) is 3.96. The van der Waals surface area contributed by atoms with E-state index in [1.165, 1.54) is 6.07 Å². The number of hydrogen-bond donors (Lipinski definition) is 1. The number of rotatable bonds is 5. The van der Waals surface area contributed by atoms with Crippen LogP contribution in [0.3, 0.4) is 0 Å². The van der Waals surface area contributed by atoms with Crippen LogP contribution in [0, 0.1) is 5.82 Å². The van der Waals surface area contributed by atoms with Crippen LogP contribution in [0.2, 0.25) is 5.02 Å². The predicted octanol–water partition coefficient (Wildman–Crippen LogP) is 4.65. The molecule has 0 bridgehead atoms. The van der Waals surface area contributed by atoms with E-state index in [2.05, 4.69) is 19.2 Å². The molecule has 0 unspecified atom stereocenters. The Morgan fingerprint density at radius 3 is 2.57 bits per heavy atom. The van der Waals surface area contributed by atoms with E-state index < -0.39 is 0 Å². The Hall–Kier alpha value is -1.58. The summed E-state index contributed by atoms with van der Waals surface area (Å²) < 4.78 is 19.2. The zero-order valence-electron chi connectivity index (χ0n) is 12.4. The first-order valence-electron chi connectivity index (χ1n) is 6.87. The highest BCUT2D eigenvalue weighted by molar-refractivity contribution is 6.32. The van der Waals surface area contributed by atoms with E-state index in [1.807, 2.05) is 12.1 Å². The molecule has 2 aromatic carbocycles. The zero-order valence-corrected chi connectivity index (χ0v) is 13.2. The summed E-state index contributed by atoms with van der Waals surface area (Å²) in [4.78, 5) is 0. The fraction of sp³-hybridized carbons (Fsp3) is 0.294. The van der Waals surface area contributed by atoms with Crippen molar-refractivity contribution < 1.29 is 9.13 Å². The molecule has 0 atom stereocenters. The van der Waals surface area contributed by atoms with Gasteiger partial charge in [-0.15, -0.1) is 0 Å². The van der Waals surface area contributed by atoms with E-state index in [0.29, 0.717) is 28.9 Å². The third-order valence-corrected chi connectivity index (χ3v) is 3.50. The molecule has 0 heterocycles. The Morgan fingerprint density at radius 1 is 1.19 bits per heavy atom. The maximum absolute atomic E-state index is 14.1. The molecule has 2 aromatic rings. The van der Waals surface area contributed by atoms with Crippen molar-refractivity contribution in [1.29, 1.82) is 0 Å². The summed E-state index contributed by atoms with van der Waals surface area (Å²) in [5.41, 5.74) is 2.32. The Kier molecular flexibility index (Phi) is 5.21. The second kappa shape index (κ2) is 6.92. The number of halogens is 2. The fourth-order valence-corrected chi connectivity index (χ4v) is 2.32. The standard InChI is InChI=1S/C17H19ClFNO/c1-11(2)20-10-12-4-6-16(19)14(8-12)13-5-7-17(21-3)15(18)9-13/h4-9,11,20H,10H2,1-3H3. The minimum Gasteiger partial charge on any atom is -0.495 e. The summed E-state index contributed by atoms with van der Waals surface area (Å²) in [6, 6.07) is 10.8. The topological polar surface area (TPSA) is 21.3 Å². The van der Waals surface area contributed by atoms with Gasteiger partial charge in [0, 0.05) is 18.2 Å². The maximum atomic E-state index is 14.1. The normalized spacial score (nSPS) is 11.0. The Bertz CT molecular complexity index is 628. The molecule has 21 heavy (non-hydrogen) atoms. The first-order valence-corrected chi connectivity index (χ1v) is 7.24. The number of hydrogen-bond acceptors (Lipinski definition) is 2. The van der Waals surface area contributed by atoms with Crippen molar-refractivity contribution in [1.82, 2.24) is 5.32 Å². The Balaban J connectivity index is 2.34. The van der Waals surface area contributed by atoms with Gasteiger partial charge in [0.25, 0.3) is 0 Å². The van der Waals surface area contributed by atoms with Gasteiger partial charge in [-0.3, -0.25) is 0 Å². The highest BCUT2D eigenvalue weighted by Crippen LogP contribution is 2.31. The first-order chi connectivity index (χ1) is 10.0. The Labute approximate surface area is 129 Å². The lowest BCUT2D eigenvalue weighted by Gasteiger charge is -2.11. The smallest absolute Gasteiger partial charge is 0.137 e. The molecule has 4 heteroatoms. The lowest BCUT2D eigenvalue weighted by molar-refractivity contribution is 0.415. The second-order valence-electron chi connectivity index (χ2n) is 5.20. The molecule has 0 amide bonds. The summed E-state index contributed by atoms with van der Waals surface area (Å²) in [6.45, 7) is 4.86. The summed E-state index contributed by atoms with van der Waals surface area (Å²) >= 11 is 6.11. The van der Waals surface area contributed by atoms with Crippen molar-refractivity contribution in [3.63, 3.8) is 0 Å². The molecule has 0 aromatic heterocycles. The summed E-state index contributed by atoms with van der Waals surface area (Å²) in [6.07, 6.45) is 0. The monoisotopic (exact) mass is 307 g/mol. The molecule has 0 aliphatic rings. The maximum Gasteiger partial charge on any atom is 0.137 e. The molecule has 0 saturated carbocycles. The lowest BCUT2D eigenvalue weighted by Crippen LogP contribution is -2.21. The van der Waals surface area contributed by atoms with Crippen LogP contribution < -0.4 is 10.1 Å². The molecular formula is C17H19ClFNO. The second-order valence-corrected chi connectivity index (χ2v) is 5.61. The largest absolute Gasteiger partial charge is 0.495 e. The molecule has 0 spiro atoms. The van der Waals surface area contributed by atoms with Crippen LogP contribution in [-0.4, -0.2) is 13.2 Å².